The van der Waals surface area contributed by atoms with Crippen LogP contribution in [0.25, 0.3) is 0 Å². The largest absolute Gasteiger partial charge is 0.467 e. The maximum atomic E-state index is 12.6. The van der Waals surface area contributed by atoms with Gasteiger partial charge in [-0.2, -0.15) is 9.97 Å². The second-order valence-electron chi connectivity index (χ2n) is 4.85. The van der Waals surface area contributed by atoms with Crippen LogP contribution in [0.2, 0.25) is 5.02 Å². The van der Waals surface area contributed by atoms with E-state index in [2.05, 4.69) is 21.5 Å². The van der Waals surface area contributed by atoms with Gasteiger partial charge in [0.15, 0.2) is 0 Å². The van der Waals surface area contributed by atoms with Crippen molar-refractivity contribution in [3.63, 3.8) is 0 Å². The van der Waals surface area contributed by atoms with Gasteiger partial charge in [0.05, 0.1) is 19.2 Å². The highest BCUT2D eigenvalue weighted by Crippen LogP contribution is 2.21. The third kappa shape index (κ3) is 4.83. The minimum absolute atomic E-state index is 0.0310. The highest BCUT2D eigenvalue weighted by Gasteiger charge is 2.26. The number of halogens is 1. The number of carbonyl (C=O) groups is 1. The lowest BCUT2D eigenvalue weighted by atomic mass is 10.4. The normalized spacial score (nSPS) is 10.8. The zero-order valence-corrected chi connectivity index (χ0v) is 16.0. The maximum absolute atomic E-state index is 12.6. The average molecular weight is 414 g/mol. The lowest BCUT2D eigenvalue weighted by Crippen LogP contribution is -2.44. The summed E-state index contributed by atoms with van der Waals surface area (Å²) in [5, 5.41) is -0.0310. The minimum atomic E-state index is -4.23. The second kappa shape index (κ2) is 8.64. The van der Waals surface area contributed by atoms with Gasteiger partial charge in [-0.3, -0.25) is 4.90 Å². The summed E-state index contributed by atoms with van der Waals surface area (Å²) in [6.07, 6.45) is 1.37. The number of ether oxygens (including phenoxy) is 2. The van der Waals surface area contributed by atoms with Gasteiger partial charge in [0.2, 0.25) is 5.95 Å². The molecule has 0 radical (unpaired) electrons. The average Bonchev–Trinajstić information content (AvgIpc) is 2.65. The van der Waals surface area contributed by atoms with Crippen LogP contribution in [0.4, 0.5) is 10.7 Å². The molecular weight excluding hydrogens is 398 g/mol. The van der Waals surface area contributed by atoms with Crippen LogP contribution in [0.5, 0.6) is 12.0 Å². The van der Waals surface area contributed by atoms with Crippen molar-refractivity contribution < 1.29 is 22.7 Å². The Kier molecular flexibility index (Phi) is 6.53. The maximum Gasteiger partial charge on any atom is 0.338 e. The van der Waals surface area contributed by atoms with Gasteiger partial charge >= 0.3 is 18.1 Å². The van der Waals surface area contributed by atoms with E-state index in [1.807, 2.05) is 4.72 Å². The van der Waals surface area contributed by atoms with E-state index in [0.717, 1.165) is 4.90 Å². The van der Waals surface area contributed by atoms with E-state index >= 15 is 0 Å². The third-order valence-electron chi connectivity index (χ3n) is 3.09. The Morgan fingerprint density at radius 1 is 1.22 bits per heavy atom. The van der Waals surface area contributed by atoms with Gasteiger partial charge in [-0.05, 0) is 12.1 Å². The van der Waals surface area contributed by atoms with Gasteiger partial charge in [-0.25, -0.2) is 17.9 Å². The van der Waals surface area contributed by atoms with Crippen LogP contribution in [0, 0.1) is 0 Å². The minimum Gasteiger partial charge on any atom is -0.467 e. The second-order valence-corrected chi connectivity index (χ2v) is 6.91. The van der Waals surface area contributed by atoms with Gasteiger partial charge in [0.1, 0.15) is 4.90 Å². The molecule has 0 bridgehead atoms. The van der Waals surface area contributed by atoms with Crippen molar-refractivity contribution in [1.82, 2.24) is 19.7 Å². The Labute approximate surface area is 160 Å². The molecule has 1 heterocycles. The number of nitrogens with zero attached hydrogens (tertiary/aromatic N) is 4. The summed E-state index contributed by atoms with van der Waals surface area (Å²) >= 11 is 5.90. The highest BCUT2D eigenvalue weighted by molar-refractivity contribution is 7.90. The Morgan fingerprint density at radius 2 is 1.81 bits per heavy atom. The van der Waals surface area contributed by atoms with Gasteiger partial charge in [-0.15, -0.1) is 11.6 Å². The molecule has 144 valence electrons. The molecule has 0 aliphatic carbocycles. The lowest BCUT2D eigenvalue weighted by Gasteiger charge is -2.20. The number of nitrogens with one attached hydrogen (secondary N) is 1. The quantitative estimate of drug-likeness (QED) is 0.679. The Morgan fingerprint density at radius 3 is 2.33 bits per heavy atom. The van der Waals surface area contributed by atoms with Crippen LogP contribution >= 0.6 is 11.6 Å². The molecule has 0 aliphatic rings. The van der Waals surface area contributed by atoms with Crippen molar-refractivity contribution in [2.75, 3.05) is 25.7 Å². The van der Waals surface area contributed by atoms with Gasteiger partial charge in [-0.1, -0.05) is 29.8 Å². The molecular formula is C15H16ClN5O5S. The fraction of sp³-hybridized carbons (Fsp3) is 0.200. The van der Waals surface area contributed by atoms with Crippen LogP contribution in [0.1, 0.15) is 0 Å². The number of rotatable bonds is 7. The zero-order valence-electron chi connectivity index (χ0n) is 14.4. The number of anilines is 1. The molecule has 0 aliphatic heterocycles. The van der Waals surface area contributed by atoms with E-state index in [-0.39, 0.29) is 34.4 Å². The number of hydrogen-bond donors (Lipinski definition) is 1. The third-order valence-corrected chi connectivity index (χ3v) is 4.91. The number of methoxy groups -OCH3 is 2. The first kappa shape index (κ1) is 20.4. The van der Waals surface area contributed by atoms with Gasteiger partial charge in [0.25, 0.3) is 10.0 Å². The molecule has 27 heavy (non-hydrogen) atoms. The molecule has 0 fully saturated rings. The van der Waals surface area contributed by atoms with Crippen LogP contribution in [-0.4, -0.2) is 50.2 Å². The molecule has 2 aromatic rings. The summed E-state index contributed by atoms with van der Waals surface area (Å²) < 4.78 is 36.7. The molecule has 2 rings (SSSR count). The van der Waals surface area contributed by atoms with Crippen LogP contribution < -0.4 is 19.1 Å². The van der Waals surface area contributed by atoms with Crippen LogP contribution in [0.3, 0.4) is 0 Å². The highest BCUT2D eigenvalue weighted by atomic mass is 35.5. The summed E-state index contributed by atoms with van der Waals surface area (Å²) in [6.45, 7) is 3.44. The van der Waals surface area contributed by atoms with Crippen molar-refractivity contribution in [1.29, 1.82) is 0 Å². The van der Waals surface area contributed by atoms with E-state index in [1.54, 1.807) is 6.07 Å². The van der Waals surface area contributed by atoms with Gasteiger partial charge < -0.3 is 9.47 Å². The number of carbonyl (C=O) groups excluding carboxylic acids is 1. The van der Waals surface area contributed by atoms with Gasteiger partial charge in [0, 0.05) is 6.54 Å². The molecule has 1 aromatic heterocycles. The number of sulfonamides is 1. The first-order chi connectivity index (χ1) is 12.8. The molecule has 0 saturated carbocycles. The predicted octanol–water partition coefficient (Wildman–Crippen LogP) is 1.63. The van der Waals surface area contributed by atoms with E-state index in [1.165, 1.54) is 38.5 Å². The number of aromatic nitrogens is 3. The Hall–Kier alpha value is -2.92. The number of hydrogen-bond acceptors (Lipinski definition) is 8. The fourth-order valence-electron chi connectivity index (χ4n) is 1.90. The Balaban J connectivity index is 2.38. The monoisotopic (exact) mass is 413 g/mol. The SMILES string of the molecule is C=CCN(C(=O)NS(=O)(=O)c1ccccc1Cl)c1nc(OC)nc(OC)n1. The molecule has 12 heteroatoms. The zero-order chi connectivity index (χ0) is 20.0. The smallest absolute Gasteiger partial charge is 0.338 e. The predicted molar refractivity (Wildman–Crippen MR) is 97.6 cm³/mol. The molecule has 0 unspecified atom stereocenters. The summed E-state index contributed by atoms with van der Waals surface area (Å²) in [6, 6.07) is 4.45. The number of amides is 2. The summed E-state index contributed by atoms with van der Waals surface area (Å²) in [4.78, 5) is 25.0. The molecule has 1 aromatic carbocycles. The van der Waals surface area contributed by atoms with Crippen molar-refractivity contribution in [3.8, 4) is 12.0 Å². The molecule has 0 atom stereocenters. The standard InChI is InChI=1S/C15H16ClN5O5S/c1-4-9-21(12-17-13(25-2)19-14(18-12)26-3)15(22)20-27(23,24)11-8-6-5-7-10(11)16/h4-8H,1,9H2,2-3H3,(H,20,22). The van der Waals surface area contributed by atoms with E-state index in [0.29, 0.717) is 0 Å². The van der Waals surface area contributed by atoms with Crippen molar-refractivity contribution >= 4 is 33.6 Å². The molecule has 0 saturated heterocycles. The van der Waals surface area contributed by atoms with E-state index in [9.17, 15) is 13.2 Å². The first-order valence-corrected chi connectivity index (χ1v) is 9.22. The number of urea groups is 1. The van der Waals surface area contributed by atoms with Crippen LogP contribution in [0.15, 0.2) is 41.8 Å². The number of benzene rings is 1. The van der Waals surface area contributed by atoms with Crippen molar-refractivity contribution in [3.05, 3.63) is 41.9 Å². The summed E-state index contributed by atoms with van der Waals surface area (Å²) in [7, 11) is -1.60. The van der Waals surface area contributed by atoms with E-state index in [4.69, 9.17) is 21.1 Å². The van der Waals surface area contributed by atoms with Crippen LogP contribution in [-0.2, 0) is 10.0 Å². The molecule has 10 nitrogen and oxygen atoms in total. The first-order valence-electron chi connectivity index (χ1n) is 7.36. The fourth-order valence-corrected chi connectivity index (χ4v) is 3.38. The van der Waals surface area contributed by atoms with Crippen molar-refractivity contribution in [2.45, 2.75) is 4.90 Å². The molecule has 2 amide bonds. The van der Waals surface area contributed by atoms with Crippen molar-refractivity contribution in [2.24, 2.45) is 0 Å². The summed E-state index contributed by atoms with van der Waals surface area (Å²) in [5.41, 5.74) is 0. The molecule has 1 N–H and O–H groups in total. The lowest BCUT2D eigenvalue weighted by molar-refractivity contribution is 0.251. The summed E-state index contributed by atoms with van der Waals surface area (Å²) in [5.74, 6) is -0.189. The molecule has 0 spiro atoms. The van der Waals surface area contributed by atoms with E-state index < -0.39 is 16.1 Å². The topological polar surface area (TPSA) is 124 Å². The Bertz CT molecular complexity index is 931.